The first-order valence-corrected chi connectivity index (χ1v) is 14.2. The number of aromatic nitrogens is 3. The molecule has 4 aromatic rings. The number of rotatable bonds is 5. The Balaban J connectivity index is 1.11. The molecule has 3 fully saturated rings. The van der Waals surface area contributed by atoms with Crippen LogP contribution in [0, 0.1) is 0 Å². The molecule has 0 radical (unpaired) electrons. The lowest BCUT2D eigenvalue weighted by atomic mass is 9.89. The van der Waals surface area contributed by atoms with Crippen LogP contribution in [0.15, 0.2) is 67.1 Å². The van der Waals surface area contributed by atoms with E-state index in [1.54, 1.807) is 6.33 Å². The van der Waals surface area contributed by atoms with E-state index in [9.17, 15) is 0 Å². The molecule has 7 rings (SSSR count). The number of fused-ring (bicyclic) bond motifs is 2. The molecule has 2 aromatic carbocycles. The highest BCUT2D eigenvalue weighted by Crippen LogP contribution is 2.40. The van der Waals surface area contributed by atoms with Gasteiger partial charge in [0.2, 0.25) is 0 Å². The van der Waals surface area contributed by atoms with Crippen LogP contribution in [0.4, 0.5) is 5.82 Å². The fourth-order valence-corrected chi connectivity index (χ4v) is 6.98. The molecule has 38 heavy (non-hydrogen) atoms. The number of nitrogen functional groups attached to an aromatic ring is 1. The van der Waals surface area contributed by atoms with Crippen LogP contribution >= 0.6 is 0 Å². The number of para-hydroxylation sites is 1. The molecule has 1 aliphatic carbocycles. The summed E-state index contributed by atoms with van der Waals surface area (Å²) < 4.78 is 8.38. The van der Waals surface area contributed by atoms with Crippen LogP contribution in [-0.2, 0) is 0 Å². The molecule has 2 aromatic heterocycles. The number of hydrogen-bond donors (Lipinski definition) is 1. The van der Waals surface area contributed by atoms with Crippen molar-refractivity contribution < 1.29 is 4.74 Å². The van der Waals surface area contributed by atoms with Crippen molar-refractivity contribution in [1.29, 1.82) is 0 Å². The Kier molecular flexibility index (Phi) is 6.26. The average Bonchev–Trinajstić information content (AvgIpc) is 3.60. The Bertz CT molecular complexity index is 1390. The molecule has 7 nitrogen and oxygen atoms in total. The molecular formula is C31H36N6O. The van der Waals surface area contributed by atoms with Crippen LogP contribution in [0.2, 0.25) is 0 Å². The minimum atomic E-state index is 0.435. The highest BCUT2D eigenvalue weighted by atomic mass is 16.5. The van der Waals surface area contributed by atoms with Crippen molar-refractivity contribution in [3.05, 3.63) is 67.1 Å². The highest BCUT2D eigenvalue weighted by molar-refractivity contribution is 6.00. The van der Waals surface area contributed by atoms with Gasteiger partial charge in [-0.2, -0.15) is 0 Å². The summed E-state index contributed by atoms with van der Waals surface area (Å²) >= 11 is 0. The Labute approximate surface area is 224 Å². The van der Waals surface area contributed by atoms with Crippen molar-refractivity contribution in [2.45, 2.75) is 56.7 Å². The zero-order chi connectivity index (χ0) is 25.5. The second kappa shape index (κ2) is 10.0. The van der Waals surface area contributed by atoms with Gasteiger partial charge in [0.15, 0.2) is 0 Å². The van der Waals surface area contributed by atoms with Gasteiger partial charge in [0, 0.05) is 49.5 Å². The maximum atomic E-state index is 6.43. The lowest BCUT2D eigenvalue weighted by Gasteiger charge is -2.44. The van der Waals surface area contributed by atoms with Gasteiger partial charge in [0.1, 0.15) is 29.3 Å². The van der Waals surface area contributed by atoms with Gasteiger partial charge in [-0.25, -0.2) is 9.97 Å². The molecule has 0 amide bonds. The van der Waals surface area contributed by atoms with Gasteiger partial charge in [0.25, 0.3) is 0 Å². The Morgan fingerprint density at radius 3 is 2.29 bits per heavy atom. The SMILES string of the molecule is Nc1ncnc2c1c(-c1ccc(Oc3ccccc3)cc1)cn2C1CCC(N2CCN3CCC[C@H]3C2)CC1. The van der Waals surface area contributed by atoms with Crippen molar-refractivity contribution in [3.8, 4) is 22.6 Å². The summed E-state index contributed by atoms with van der Waals surface area (Å²) in [5.74, 6) is 2.18. The van der Waals surface area contributed by atoms with E-state index in [1.165, 1.54) is 64.7 Å². The van der Waals surface area contributed by atoms with Crippen LogP contribution in [0.3, 0.4) is 0 Å². The Hall–Kier alpha value is -3.42. The molecule has 2 saturated heterocycles. The number of ether oxygens (including phenoxy) is 1. The van der Waals surface area contributed by atoms with Crippen molar-refractivity contribution in [2.24, 2.45) is 0 Å². The molecule has 0 spiro atoms. The smallest absolute Gasteiger partial charge is 0.146 e. The summed E-state index contributed by atoms with van der Waals surface area (Å²) in [6.07, 6.45) is 11.5. The molecule has 196 valence electrons. The number of nitrogens with zero attached hydrogens (tertiary/aromatic N) is 5. The summed E-state index contributed by atoms with van der Waals surface area (Å²) in [6, 6.07) is 20.0. The number of hydrogen-bond acceptors (Lipinski definition) is 6. The summed E-state index contributed by atoms with van der Waals surface area (Å²) in [7, 11) is 0. The number of anilines is 1. The molecule has 1 saturated carbocycles. The van der Waals surface area contributed by atoms with Gasteiger partial charge in [-0.15, -0.1) is 0 Å². The van der Waals surface area contributed by atoms with E-state index in [1.807, 2.05) is 42.5 Å². The molecule has 7 heteroatoms. The zero-order valence-corrected chi connectivity index (χ0v) is 21.9. The lowest BCUT2D eigenvalue weighted by molar-refractivity contribution is 0.0516. The first kappa shape index (κ1) is 23.7. The third-order valence-corrected chi connectivity index (χ3v) is 8.98. The Morgan fingerprint density at radius 2 is 1.47 bits per heavy atom. The summed E-state index contributed by atoms with van der Waals surface area (Å²) in [6.45, 7) is 5.06. The van der Waals surface area contributed by atoms with Crippen LogP contribution in [0.25, 0.3) is 22.2 Å². The topological polar surface area (TPSA) is 72.4 Å². The van der Waals surface area contributed by atoms with Crippen LogP contribution < -0.4 is 10.5 Å². The quantitative estimate of drug-likeness (QED) is 0.371. The van der Waals surface area contributed by atoms with E-state index >= 15 is 0 Å². The fourth-order valence-electron chi connectivity index (χ4n) is 6.98. The molecular weight excluding hydrogens is 472 g/mol. The summed E-state index contributed by atoms with van der Waals surface area (Å²) in [5, 5.41) is 0.948. The van der Waals surface area contributed by atoms with Crippen molar-refractivity contribution in [2.75, 3.05) is 31.9 Å². The molecule has 3 aliphatic rings. The summed E-state index contributed by atoms with van der Waals surface area (Å²) in [4.78, 5) is 14.6. The molecule has 0 bridgehead atoms. The second-order valence-corrected chi connectivity index (χ2v) is 11.1. The van der Waals surface area contributed by atoms with Crippen LogP contribution in [-0.4, -0.2) is 62.6 Å². The molecule has 0 unspecified atom stereocenters. The van der Waals surface area contributed by atoms with Gasteiger partial charge >= 0.3 is 0 Å². The monoisotopic (exact) mass is 508 g/mol. The predicted molar refractivity (Wildman–Crippen MR) is 151 cm³/mol. The minimum Gasteiger partial charge on any atom is -0.457 e. The van der Waals surface area contributed by atoms with Crippen molar-refractivity contribution in [1.82, 2.24) is 24.3 Å². The highest BCUT2D eigenvalue weighted by Gasteiger charge is 2.35. The first-order valence-electron chi connectivity index (χ1n) is 14.2. The first-order chi connectivity index (χ1) is 18.7. The predicted octanol–water partition coefficient (Wildman–Crippen LogP) is 5.74. The largest absolute Gasteiger partial charge is 0.457 e. The maximum absolute atomic E-state index is 6.43. The van der Waals surface area contributed by atoms with Crippen LogP contribution in [0.5, 0.6) is 11.5 Å². The van der Waals surface area contributed by atoms with E-state index in [-0.39, 0.29) is 0 Å². The normalized spacial score (nSPS) is 24.5. The third kappa shape index (κ3) is 4.44. The average molecular weight is 509 g/mol. The van der Waals surface area contributed by atoms with E-state index in [4.69, 9.17) is 15.5 Å². The Morgan fingerprint density at radius 1 is 0.737 bits per heavy atom. The fraction of sp³-hybridized carbons (Fsp3) is 0.419. The summed E-state index contributed by atoms with van der Waals surface area (Å²) in [5.41, 5.74) is 9.56. The van der Waals surface area contributed by atoms with E-state index < -0.39 is 0 Å². The van der Waals surface area contributed by atoms with E-state index in [2.05, 4.69) is 37.7 Å². The minimum absolute atomic E-state index is 0.435. The number of piperazine rings is 1. The standard InChI is InChI=1S/C31H36N6O/c32-30-29-28(22-8-14-27(15-9-22)38-26-6-2-1-3-7-26)20-37(31(29)34-21-33-30)24-12-10-23(11-13-24)36-18-17-35-16-4-5-25(35)19-36/h1-3,6-9,14-15,20-21,23-25H,4-5,10-13,16-19H2,(H2,32,33,34)/t23?,24?,25-/m0/s1. The zero-order valence-electron chi connectivity index (χ0n) is 21.9. The molecule has 2 aliphatic heterocycles. The molecule has 4 heterocycles. The van der Waals surface area contributed by atoms with E-state index in [0.29, 0.717) is 17.9 Å². The molecule has 1 atom stereocenters. The number of benzene rings is 2. The van der Waals surface area contributed by atoms with Crippen molar-refractivity contribution >= 4 is 16.9 Å². The third-order valence-electron chi connectivity index (χ3n) is 8.98. The maximum Gasteiger partial charge on any atom is 0.146 e. The van der Waals surface area contributed by atoms with Crippen LogP contribution in [0.1, 0.15) is 44.6 Å². The lowest BCUT2D eigenvalue weighted by Crippen LogP contribution is -2.54. The van der Waals surface area contributed by atoms with Gasteiger partial charge in [-0.1, -0.05) is 30.3 Å². The van der Waals surface area contributed by atoms with Gasteiger partial charge in [0.05, 0.1) is 5.39 Å². The second-order valence-electron chi connectivity index (χ2n) is 11.1. The van der Waals surface area contributed by atoms with Gasteiger partial charge < -0.3 is 15.0 Å². The van der Waals surface area contributed by atoms with Crippen molar-refractivity contribution in [3.63, 3.8) is 0 Å². The number of nitrogens with two attached hydrogens (primary N) is 1. The van der Waals surface area contributed by atoms with Gasteiger partial charge in [-0.05, 0) is 74.9 Å². The van der Waals surface area contributed by atoms with E-state index in [0.717, 1.165) is 39.7 Å². The van der Waals surface area contributed by atoms with Gasteiger partial charge in [-0.3, -0.25) is 9.80 Å². The molecule has 2 N–H and O–H groups in total.